The van der Waals surface area contributed by atoms with Crippen molar-refractivity contribution in [1.82, 2.24) is 14.1 Å². The van der Waals surface area contributed by atoms with Gasteiger partial charge in [-0.25, -0.2) is 4.98 Å². The molecule has 4 heteroatoms. The van der Waals surface area contributed by atoms with E-state index in [0.717, 1.165) is 10.6 Å². The number of nitrogens with zero attached hydrogens (tertiary/aromatic N) is 3. The molecule has 9 rings (SSSR count). The number of benzene rings is 6. The second-order valence-corrected chi connectivity index (χ2v) is 11.1. The van der Waals surface area contributed by atoms with Crippen LogP contribution in [-0.2, 0) is 0 Å². The third-order valence-corrected chi connectivity index (χ3v) is 8.95. The average Bonchev–Trinajstić information content (AvgIpc) is 3.66. The minimum absolute atomic E-state index is 1.00. The van der Waals surface area contributed by atoms with Crippen molar-refractivity contribution in [3.05, 3.63) is 127 Å². The Balaban J connectivity index is 1.46. The standard InChI is InChI=1S/C35H21N3S/c1-2-10-23(11-3-1)37-30-15-7-4-12-24(30)26-19-18-22-20-32-28(21-27(22)34(26)37)25-13-5-8-16-31(25)38(32)35-36-29-14-6-9-17-33(29)39-35/h1-21H. The van der Waals surface area contributed by atoms with Gasteiger partial charge >= 0.3 is 0 Å². The van der Waals surface area contributed by atoms with Crippen LogP contribution in [0.25, 0.3) is 75.4 Å². The molecule has 0 aliphatic rings. The summed E-state index contributed by atoms with van der Waals surface area (Å²) in [5.74, 6) is 0. The van der Waals surface area contributed by atoms with E-state index in [2.05, 4.69) is 137 Å². The van der Waals surface area contributed by atoms with Crippen LogP contribution in [0, 0.1) is 0 Å². The molecule has 0 saturated heterocycles. The maximum Gasteiger partial charge on any atom is 0.195 e. The first-order valence-electron chi connectivity index (χ1n) is 13.2. The van der Waals surface area contributed by atoms with Crippen LogP contribution in [-0.4, -0.2) is 14.1 Å². The average molecular weight is 516 g/mol. The van der Waals surface area contributed by atoms with Crippen molar-refractivity contribution in [3.8, 4) is 10.8 Å². The van der Waals surface area contributed by atoms with Crippen molar-refractivity contribution in [2.45, 2.75) is 0 Å². The van der Waals surface area contributed by atoms with Gasteiger partial charge < -0.3 is 4.57 Å². The molecular weight excluding hydrogens is 494 g/mol. The van der Waals surface area contributed by atoms with E-state index in [4.69, 9.17) is 4.98 Å². The van der Waals surface area contributed by atoms with Crippen LogP contribution >= 0.6 is 11.3 Å². The molecule has 0 radical (unpaired) electrons. The van der Waals surface area contributed by atoms with Crippen molar-refractivity contribution in [3.63, 3.8) is 0 Å². The van der Waals surface area contributed by atoms with Crippen LogP contribution in [0.5, 0.6) is 0 Å². The van der Waals surface area contributed by atoms with Crippen LogP contribution in [0.1, 0.15) is 0 Å². The zero-order valence-electron chi connectivity index (χ0n) is 20.9. The van der Waals surface area contributed by atoms with Gasteiger partial charge in [-0.2, -0.15) is 0 Å². The van der Waals surface area contributed by atoms with Crippen molar-refractivity contribution < 1.29 is 0 Å². The number of rotatable bonds is 2. The summed E-state index contributed by atoms with van der Waals surface area (Å²) in [6.07, 6.45) is 0. The lowest BCUT2D eigenvalue weighted by atomic mass is 10.0. The Hall–Kier alpha value is -4.93. The van der Waals surface area contributed by atoms with Crippen molar-refractivity contribution >= 4 is 75.9 Å². The number of hydrogen-bond acceptors (Lipinski definition) is 2. The molecule has 0 bridgehead atoms. The summed E-state index contributed by atoms with van der Waals surface area (Å²) in [6, 6.07) is 45.8. The Labute approximate surface area is 227 Å². The predicted octanol–water partition coefficient (Wildman–Crippen LogP) is 9.64. The van der Waals surface area contributed by atoms with E-state index in [1.54, 1.807) is 11.3 Å². The summed E-state index contributed by atoms with van der Waals surface area (Å²) in [4.78, 5) is 5.05. The highest BCUT2D eigenvalue weighted by Crippen LogP contribution is 2.41. The highest BCUT2D eigenvalue weighted by atomic mass is 32.1. The molecule has 6 aromatic carbocycles. The van der Waals surface area contributed by atoms with Crippen LogP contribution in [0.15, 0.2) is 127 Å². The molecule has 3 aromatic heterocycles. The van der Waals surface area contributed by atoms with E-state index in [1.807, 2.05) is 0 Å². The van der Waals surface area contributed by atoms with Crippen LogP contribution in [0.3, 0.4) is 0 Å². The Bertz CT molecular complexity index is 2360. The number of hydrogen-bond donors (Lipinski definition) is 0. The van der Waals surface area contributed by atoms with E-state index < -0.39 is 0 Å². The molecular formula is C35H21N3S. The summed E-state index contributed by atoms with van der Waals surface area (Å²) in [7, 11) is 0. The molecule has 0 amide bonds. The molecule has 0 N–H and O–H groups in total. The Morgan fingerprint density at radius 3 is 2.00 bits per heavy atom. The largest absolute Gasteiger partial charge is 0.309 e. The molecule has 3 nitrogen and oxygen atoms in total. The molecule has 0 spiro atoms. The van der Waals surface area contributed by atoms with Gasteiger partial charge in [0.05, 0.1) is 32.3 Å². The van der Waals surface area contributed by atoms with Crippen LogP contribution < -0.4 is 0 Å². The van der Waals surface area contributed by atoms with Crippen LogP contribution in [0.2, 0.25) is 0 Å². The van der Waals surface area contributed by atoms with Crippen LogP contribution in [0.4, 0.5) is 0 Å². The van der Waals surface area contributed by atoms with Gasteiger partial charge in [-0.15, -0.1) is 0 Å². The lowest BCUT2D eigenvalue weighted by molar-refractivity contribution is 1.15. The fraction of sp³-hybridized carbons (Fsp3) is 0. The SMILES string of the molecule is c1ccc(-n2c3ccccc3c3ccc4cc5c(cc4c32)c2ccccc2n5-c2nc3ccccc3s2)cc1. The third kappa shape index (κ3) is 2.89. The van der Waals surface area contributed by atoms with E-state index in [9.17, 15) is 0 Å². The summed E-state index contributed by atoms with van der Waals surface area (Å²) in [5, 5.41) is 8.52. The Morgan fingerprint density at radius 2 is 1.18 bits per heavy atom. The molecule has 9 aromatic rings. The van der Waals surface area contributed by atoms with E-state index in [1.165, 1.54) is 64.8 Å². The van der Waals surface area contributed by atoms with Gasteiger partial charge in [0.1, 0.15) is 0 Å². The molecule has 0 aliphatic carbocycles. The quantitative estimate of drug-likeness (QED) is 0.225. The second kappa shape index (κ2) is 7.79. The van der Waals surface area contributed by atoms with Crippen molar-refractivity contribution in [2.75, 3.05) is 0 Å². The van der Waals surface area contributed by atoms with Crippen molar-refractivity contribution in [1.29, 1.82) is 0 Å². The first-order valence-corrected chi connectivity index (χ1v) is 14.0. The van der Waals surface area contributed by atoms with Gasteiger partial charge in [0.2, 0.25) is 0 Å². The zero-order valence-corrected chi connectivity index (χ0v) is 21.7. The molecule has 3 heterocycles. The van der Waals surface area contributed by atoms with Crippen molar-refractivity contribution in [2.24, 2.45) is 0 Å². The summed E-state index contributed by atoms with van der Waals surface area (Å²) < 4.78 is 5.96. The smallest absolute Gasteiger partial charge is 0.195 e. The van der Waals surface area contributed by atoms with Gasteiger partial charge in [0.15, 0.2) is 5.13 Å². The Kier molecular flexibility index (Phi) is 4.21. The lowest BCUT2D eigenvalue weighted by Crippen LogP contribution is -1.94. The van der Waals surface area contributed by atoms with Gasteiger partial charge in [0, 0.05) is 32.6 Å². The minimum Gasteiger partial charge on any atom is -0.309 e. The Morgan fingerprint density at radius 1 is 0.487 bits per heavy atom. The third-order valence-electron chi connectivity index (χ3n) is 7.93. The van der Waals surface area contributed by atoms with Gasteiger partial charge in [-0.3, -0.25) is 4.57 Å². The first-order chi connectivity index (χ1) is 19.3. The lowest BCUT2D eigenvalue weighted by Gasteiger charge is -2.10. The topological polar surface area (TPSA) is 22.8 Å². The first kappa shape index (κ1) is 21.1. The molecule has 182 valence electrons. The maximum absolute atomic E-state index is 5.05. The molecule has 0 atom stereocenters. The molecule has 0 saturated carbocycles. The molecule has 0 fully saturated rings. The monoisotopic (exact) mass is 515 g/mol. The van der Waals surface area contributed by atoms with E-state index >= 15 is 0 Å². The normalized spacial score (nSPS) is 12.1. The number of para-hydroxylation sites is 4. The minimum atomic E-state index is 1.00. The number of fused-ring (bicyclic) bond motifs is 9. The second-order valence-electron chi connectivity index (χ2n) is 10.1. The number of aromatic nitrogens is 3. The zero-order chi connectivity index (χ0) is 25.5. The summed E-state index contributed by atoms with van der Waals surface area (Å²) in [6.45, 7) is 0. The molecule has 39 heavy (non-hydrogen) atoms. The maximum atomic E-state index is 5.05. The number of thiazole rings is 1. The van der Waals surface area contributed by atoms with Gasteiger partial charge in [-0.1, -0.05) is 90.2 Å². The molecule has 0 unspecified atom stereocenters. The molecule has 0 aliphatic heterocycles. The highest BCUT2D eigenvalue weighted by Gasteiger charge is 2.19. The summed E-state index contributed by atoms with van der Waals surface area (Å²) in [5.41, 5.74) is 7.06. The summed E-state index contributed by atoms with van der Waals surface area (Å²) >= 11 is 1.74. The van der Waals surface area contributed by atoms with E-state index in [-0.39, 0.29) is 0 Å². The predicted molar refractivity (Wildman–Crippen MR) is 166 cm³/mol. The van der Waals surface area contributed by atoms with E-state index in [0.29, 0.717) is 0 Å². The van der Waals surface area contributed by atoms with Gasteiger partial charge in [0.25, 0.3) is 0 Å². The fourth-order valence-electron chi connectivity index (χ4n) is 6.25. The highest BCUT2D eigenvalue weighted by molar-refractivity contribution is 7.20. The van der Waals surface area contributed by atoms with Gasteiger partial charge in [-0.05, 0) is 53.9 Å². The fourth-order valence-corrected chi connectivity index (χ4v) is 7.25.